The Balaban J connectivity index is 2.83. The molecular weight excluding hydrogens is 294 g/mol. The molecule has 1 amide bonds. The molecule has 1 aliphatic carbocycles. The summed E-state index contributed by atoms with van der Waals surface area (Å²) >= 11 is 5.97. The maximum absolute atomic E-state index is 11.7. The molecule has 116 valence electrons. The summed E-state index contributed by atoms with van der Waals surface area (Å²) in [5, 5.41) is 11.1. The smallest absolute Gasteiger partial charge is 0.325 e. The van der Waals surface area contributed by atoms with E-state index in [-0.39, 0.29) is 12.3 Å². The lowest BCUT2D eigenvalue weighted by molar-refractivity contribution is -0.153. The number of amides is 1. The van der Waals surface area contributed by atoms with Crippen LogP contribution >= 0.6 is 11.6 Å². The number of hydrogen-bond acceptors (Lipinski definition) is 5. The second-order valence-electron chi connectivity index (χ2n) is 5.66. The van der Waals surface area contributed by atoms with E-state index >= 15 is 0 Å². The van der Waals surface area contributed by atoms with Crippen LogP contribution < -0.4 is 11.1 Å². The van der Waals surface area contributed by atoms with Crippen molar-refractivity contribution in [2.45, 2.75) is 39.2 Å². The summed E-state index contributed by atoms with van der Waals surface area (Å²) in [4.78, 5) is 22.8. The Labute approximate surface area is 128 Å². The minimum absolute atomic E-state index is 0.0805. The van der Waals surface area contributed by atoms with Crippen molar-refractivity contribution >= 4 is 29.2 Å². The molecule has 21 heavy (non-hydrogen) atoms. The summed E-state index contributed by atoms with van der Waals surface area (Å²) < 4.78 is 5.18. The molecule has 0 aromatic heterocycles. The van der Waals surface area contributed by atoms with E-state index in [0.717, 1.165) is 0 Å². The number of hydrogen-bond donors (Lipinski definition) is 3. The van der Waals surface area contributed by atoms with E-state index in [2.05, 4.69) is 5.32 Å². The van der Waals surface area contributed by atoms with Gasteiger partial charge in [-0.15, -0.1) is 0 Å². The Hall–Kier alpha value is -1.82. The molecule has 0 heterocycles. The predicted octanol–water partition coefficient (Wildman–Crippen LogP) is 1.59. The normalized spacial score (nSPS) is 15.3. The van der Waals surface area contributed by atoms with Gasteiger partial charge in [0.05, 0.1) is 0 Å². The fourth-order valence-electron chi connectivity index (χ4n) is 1.81. The zero-order chi connectivity index (χ0) is 16.2. The van der Waals surface area contributed by atoms with E-state index < -0.39 is 17.5 Å². The largest absolute Gasteiger partial charge is 0.459 e. The van der Waals surface area contributed by atoms with Crippen LogP contribution in [-0.4, -0.2) is 29.7 Å². The first-order chi connectivity index (χ1) is 9.60. The molecule has 0 spiro atoms. The maximum atomic E-state index is 11.7. The van der Waals surface area contributed by atoms with Crippen molar-refractivity contribution in [3.63, 3.8) is 0 Å². The van der Waals surface area contributed by atoms with E-state index in [1.165, 1.54) is 0 Å². The van der Waals surface area contributed by atoms with Gasteiger partial charge in [0.15, 0.2) is 0 Å². The lowest BCUT2D eigenvalue weighted by Crippen LogP contribution is -2.33. The van der Waals surface area contributed by atoms with Gasteiger partial charge in [-0.3, -0.25) is 15.0 Å². The molecule has 6 nitrogen and oxygen atoms in total. The summed E-state index contributed by atoms with van der Waals surface area (Å²) in [6, 6.07) is 0. The van der Waals surface area contributed by atoms with Crippen molar-refractivity contribution in [3.8, 4) is 0 Å². The standard InChI is InChI=1S/C14H20ClN3O3/c1-14(2,3)21-11(19)7-18-10-6-8(15)4-5-9(10)12(16)13(17)20/h6,16,18H,4-5,7H2,1-3H3,(H2,17,20). The van der Waals surface area contributed by atoms with Crippen LogP contribution in [0.2, 0.25) is 0 Å². The van der Waals surface area contributed by atoms with Gasteiger partial charge < -0.3 is 15.8 Å². The molecule has 0 aromatic carbocycles. The van der Waals surface area contributed by atoms with Crippen molar-refractivity contribution < 1.29 is 14.3 Å². The molecule has 0 bridgehead atoms. The van der Waals surface area contributed by atoms with Gasteiger partial charge in [0, 0.05) is 16.3 Å². The molecule has 0 unspecified atom stereocenters. The average molecular weight is 314 g/mol. The highest BCUT2D eigenvalue weighted by Gasteiger charge is 2.21. The van der Waals surface area contributed by atoms with Gasteiger partial charge in [-0.1, -0.05) is 11.6 Å². The Kier molecular flexibility index (Phi) is 5.54. The van der Waals surface area contributed by atoms with Gasteiger partial charge >= 0.3 is 5.97 Å². The fourth-order valence-corrected chi connectivity index (χ4v) is 2.01. The first-order valence-corrected chi connectivity index (χ1v) is 6.91. The Morgan fingerprint density at radius 1 is 1.43 bits per heavy atom. The van der Waals surface area contributed by atoms with Crippen LogP contribution in [0.15, 0.2) is 22.4 Å². The third-order valence-corrected chi connectivity index (χ3v) is 2.93. The molecule has 1 aliphatic rings. The molecule has 4 N–H and O–H groups in total. The lowest BCUT2D eigenvalue weighted by atomic mass is 9.97. The van der Waals surface area contributed by atoms with Gasteiger partial charge in [0.25, 0.3) is 5.91 Å². The number of primary amides is 1. The Morgan fingerprint density at radius 2 is 2.05 bits per heavy atom. The van der Waals surface area contributed by atoms with Crippen molar-refractivity contribution in [3.05, 3.63) is 22.4 Å². The first kappa shape index (κ1) is 17.2. The predicted molar refractivity (Wildman–Crippen MR) is 81.0 cm³/mol. The summed E-state index contributed by atoms with van der Waals surface area (Å²) in [5.41, 5.74) is 5.20. The minimum Gasteiger partial charge on any atom is -0.459 e. The number of rotatable bonds is 5. The van der Waals surface area contributed by atoms with E-state index in [4.69, 9.17) is 27.5 Å². The minimum atomic E-state index is -0.812. The summed E-state index contributed by atoms with van der Waals surface area (Å²) in [6.45, 7) is 5.24. The van der Waals surface area contributed by atoms with Crippen molar-refractivity contribution in [2.75, 3.05) is 6.54 Å². The Morgan fingerprint density at radius 3 is 2.57 bits per heavy atom. The number of nitrogens with one attached hydrogen (secondary N) is 2. The van der Waals surface area contributed by atoms with Crippen LogP contribution in [0.1, 0.15) is 33.6 Å². The van der Waals surface area contributed by atoms with E-state index in [1.54, 1.807) is 26.8 Å². The number of esters is 1. The zero-order valence-corrected chi connectivity index (χ0v) is 13.1. The summed E-state index contributed by atoms with van der Waals surface area (Å²) in [7, 11) is 0. The number of carbonyl (C=O) groups is 2. The molecular formula is C14H20ClN3O3. The molecule has 0 atom stereocenters. The van der Waals surface area contributed by atoms with Crippen LogP contribution in [0, 0.1) is 5.41 Å². The number of nitrogens with two attached hydrogens (primary N) is 1. The average Bonchev–Trinajstić information content (AvgIpc) is 2.33. The number of carbonyl (C=O) groups excluding carboxylic acids is 2. The van der Waals surface area contributed by atoms with Gasteiger partial charge in [-0.2, -0.15) is 0 Å². The lowest BCUT2D eigenvalue weighted by Gasteiger charge is -2.22. The van der Waals surface area contributed by atoms with Gasteiger partial charge in [-0.05, 0) is 39.7 Å². The zero-order valence-electron chi connectivity index (χ0n) is 12.4. The number of ether oxygens (including phenoxy) is 1. The molecule has 0 fully saturated rings. The van der Waals surface area contributed by atoms with Crippen LogP contribution in [0.3, 0.4) is 0 Å². The molecule has 0 radical (unpaired) electrons. The second-order valence-corrected chi connectivity index (χ2v) is 6.15. The van der Waals surface area contributed by atoms with E-state index in [9.17, 15) is 9.59 Å². The van der Waals surface area contributed by atoms with Crippen LogP contribution in [-0.2, 0) is 14.3 Å². The highest BCUT2D eigenvalue weighted by molar-refractivity contribution is 6.44. The fraction of sp³-hybridized carbons (Fsp3) is 0.500. The quantitative estimate of drug-likeness (QED) is 0.529. The maximum Gasteiger partial charge on any atom is 0.325 e. The van der Waals surface area contributed by atoms with Crippen LogP contribution in [0.5, 0.6) is 0 Å². The van der Waals surface area contributed by atoms with Crippen molar-refractivity contribution in [1.82, 2.24) is 5.32 Å². The van der Waals surface area contributed by atoms with Crippen molar-refractivity contribution in [2.24, 2.45) is 5.73 Å². The SMILES string of the molecule is CC(C)(C)OC(=O)CNC1=C(C(=N)C(N)=O)CCC(Cl)=C1. The van der Waals surface area contributed by atoms with Crippen molar-refractivity contribution in [1.29, 1.82) is 5.41 Å². The molecule has 0 saturated heterocycles. The van der Waals surface area contributed by atoms with E-state index in [0.29, 0.717) is 29.1 Å². The van der Waals surface area contributed by atoms with Gasteiger partial charge in [0.1, 0.15) is 17.9 Å². The third kappa shape index (κ3) is 5.59. The first-order valence-electron chi connectivity index (χ1n) is 6.54. The highest BCUT2D eigenvalue weighted by Crippen LogP contribution is 2.25. The molecule has 0 aliphatic heterocycles. The third-order valence-electron chi connectivity index (χ3n) is 2.63. The van der Waals surface area contributed by atoms with Gasteiger partial charge in [-0.25, -0.2) is 0 Å². The molecule has 0 saturated carbocycles. The van der Waals surface area contributed by atoms with Crippen LogP contribution in [0.25, 0.3) is 0 Å². The number of allylic oxidation sites excluding steroid dienone is 2. The highest BCUT2D eigenvalue weighted by atomic mass is 35.5. The van der Waals surface area contributed by atoms with E-state index in [1.807, 2.05) is 0 Å². The Bertz CT molecular complexity index is 530. The molecule has 7 heteroatoms. The van der Waals surface area contributed by atoms with Gasteiger partial charge in [0.2, 0.25) is 0 Å². The molecule has 1 rings (SSSR count). The summed E-state index contributed by atoms with van der Waals surface area (Å²) in [5.74, 6) is -1.25. The topological polar surface area (TPSA) is 105 Å². The monoisotopic (exact) mass is 313 g/mol. The molecule has 0 aromatic rings. The van der Waals surface area contributed by atoms with Crippen LogP contribution in [0.4, 0.5) is 0 Å². The summed E-state index contributed by atoms with van der Waals surface area (Å²) in [6.07, 6.45) is 2.56. The second kappa shape index (κ2) is 6.76. The number of halogens is 1.